The van der Waals surface area contributed by atoms with E-state index in [2.05, 4.69) is 0 Å². The van der Waals surface area contributed by atoms with Crippen molar-refractivity contribution in [2.24, 2.45) is 0 Å². The molecule has 0 amide bonds. The van der Waals surface area contributed by atoms with Gasteiger partial charge in [-0.25, -0.2) is 0 Å². The van der Waals surface area contributed by atoms with E-state index in [0.717, 1.165) is 5.56 Å². The minimum absolute atomic E-state index is 0.162. The monoisotopic (exact) mass is 316 g/mol. The van der Waals surface area contributed by atoms with Crippen molar-refractivity contribution < 1.29 is 28.8 Å². The van der Waals surface area contributed by atoms with Gasteiger partial charge in [0.15, 0.2) is 35.2 Å². The lowest BCUT2D eigenvalue weighted by molar-refractivity contribution is -0.0125. The molecule has 23 heavy (non-hydrogen) atoms. The summed E-state index contributed by atoms with van der Waals surface area (Å²) in [5.41, 5.74) is 0.849. The Bertz CT molecular complexity index is 729. The van der Waals surface area contributed by atoms with Gasteiger partial charge in [-0.05, 0) is 24.3 Å². The molecule has 0 spiro atoms. The van der Waals surface area contributed by atoms with Crippen LogP contribution in [0.15, 0.2) is 36.4 Å². The Hall–Kier alpha value is -2.60. The highest BCUT2D eigenvalue weighted by Crippen LogP contribution is 2.43. The Morgan fingerprint density at radius 2 is 1.83 bits per heavy atom. The molecule has 6 heteroatoms. The number of aliphatic hydroxyl groups excluding tert-OH is 1. The topological polar surface area (TPSA) is 66.4 Å². The number of fused-ring (bicyclic) bond motifs is 2. The molecule has 2 aromatic carbocycles. The Kier molecular flexibility index (Phi) is 3.38. The van der Waals surface area contributed by atoms with E-state index >= 15 is 0 Å². The van der Waals surface area contributed by atoms with Crippen LogP contribution >= 0.6 is 0 Å². The lowest BCUT2D eigenvalue weighted by atomic mass is 10.0. The number of rotatable bonds is 3. The van der Waals surface area contributed by atoms with Gasteiger partial charge in [-0.1, -0.05) is 6.07 Å². The predicted molar refractivity (Wildman–Crippen MR) is 80.4 cm³/mol. The summed E-state index contributed by atoms with van der Waals surface area (Å²) in [7, 11) is 1.59. The molecule has 0 fully saturated rings. The van der Waals surface area contributed by atoms with Crippen LogP contribution < -0.4 is 23.7 Å². The number of hydrogen-bond donors (Lipinski definition) is 1. The van der Waals surface area contributed by atoms with Gasteiger partial charge in [0.2, 0.25) is 6.79 Å². The highest BCUT2D eigenvalue weighted by Gasteiger charge is 2.33. The first-order chi connectivity index (χ1) is 11.3. The van der Waals surface area contributed by atoms with E-state index in [0.29, 0.717) is 28.7 Å². The third kappa shape index (κ3) is 2.41. The molecule has 120 valence electrons. The first-order valence-electron chi connectivity index (χ1n) is 7.30. The zero-order valence-corrected chi connectivity index (χ0v) is 12.5. The zero-order valence-electron chi connectivity index (χ0n) is 12.5. The Morgan fingerprint density at radius 3 is 2.65 bits per heavy atom. The smallest absolute Gasteiger partial charge is 0.231 e. The molecule has 0 bridgehead atoms. The molecule has 2 aliphatic rings. The zero-order chi connectivity index (χ0) is 15.8. The van der Waals surface area contributed by atoms with Crippen LogP contribution in [0.2, 0.25) is 0 Å². The summed E-state index contributed by atoms with van der Waals surface area (Å²) in [5, 5.41) is 9.66. The highest BCUT2D eigenvalue weighted by molar-refractivity contribution is 5.49. The van der Waals surface area contributed by atoms with E-state index in [9.17, 15) is 5.11 Å². The van der Waals surface area contributed by atoms with Crippen LogP contribution in [-0.2, 0) is 0 Å². The normalized spacial score (nSPS) is 21.1. The van der Waals surface area contributed by atoms with Crippen molar-refractivity contribution in [3.05, 3.63) is 42.0 Å². The fourth-order valence-corrected chi connectivity index (χ4v) is 2.75. The second-order valence-corrected chi connectivity index (χ2v) is 5.30. The van der Waals surface area contributed by atoms with Crippen LogP contribution in [0.25, 0.3) is 0 Å². The van der Waals surface area contributed by atoms with Gasteiger partial charge in [0.05, 0.1) is 13.7 Å². The molecule has 0 aliphatic carbocycles. The Balaban J connectivity index is 1.69. The standard InChI is InChI=1S/C17H16O6/c1-19-11-3-5-13-15(7-11)23-17(16(8-18)22-13)10-2-4-12-14(6-10)21-9-20-12/h2-7,16-18H,8-9H2,1H3/t16-,17+/m1/s1. The van der Waals surface area contributed by atoms with Crippen molar-refractivity contribution in [1.82, 2.24) is 0 Å². The van der Waals surface area contributed by atoms with Crippen molar-refractivity contribution in [1.29, 1.82) is 0 Å². The van der Waals surface area contributed by atoms with E-state index in [-0.39, 0.29) is 13.4 Å². The summed E-state index contributed by atoms with van der Waals surface area (Å²) in [4.78, 5) is 0. The number of hydrogen-bond acceptors (Lipinski definition) is 6. The minimum atomic E-state index is -0.503. The van der Waals surface area contributed by atoms with Gasteiger partial charge in [0.25, 0.3) is 0 Å². The Morgan fingerprint density at radius 1 is 1.00 bits per heavy atom. The van der Waals surface area contributed by atoms with Crippen molar-refractivity contribution in [2.75, 3.05) is 20.5 Å². The van der Waals surface area contributed by atoms with E-state index in [1.54, 1.807) is 25.3 Å². The number of ether oxygens (including phenoxy) is 5. The lowest BCUT2D eigenvalue weighted by Gasteiger charge is -2.33. The molecular formula is C17H16O6. The van der Waals surface area contributed by atoms with Crippen LogP contribution in [-0.4, -0.2) is 31.7 Å². The SMILES string of the molecule is COc1ccc2c(c1)O[C@@H](c1ccc3c(c1)OCO3)[C@@H](CO)O2. The third-order valence-electron chi connectivity index (χ3n) is 3.93. The summed E-state index contributed by atoms with van der Waals surface area (Å²) in [6, 6.07) is 10.9. The molecule has 0 saturated carbocycles. The van der Waals surface area contributed by atoms with E-state index in [1.807, 2.05) is 18.2 Å². The molecule has 0 unspecified atom stereocenters. The lowest BCUT2D eigenvalue weighted by Crippen LogP contribution is -2.36. The van der Waals surface area contributed by atoms with Gasteiger partial charge in [-0.15, -0.1) is 0 Å². The molecule has 6 nitrogen and oxygen atoms in total. The van der Waals surface area contributed by atoms with Crippen LogP contribution in [0, 0.1) is 0 Å². The number of methoxy groups -OCH3 is 1. The van der Waals surface area contributed by atoms with E-state index < -0.39 is 12.2 Å². The van der Waals surface area contributed by atoms with Crippen molar-refractivity contribution >= 4 is 0 Å². The molecule has 0 saturated heterocycles. The average molecular weight is 316 g/mol. The van der Waals surface area contributed by atoms with Gasteiger partial charge in [-0.3, -0.25) is 0 Å². The van der Waals surface area contributed by atoms with Crippen molar-refractivity contribution in [2.45, 2.75) is 12.2 Å². The van der Waals surface area contributed by atoms with Gasteiger partial charge >= 0.3 is 0 Å². The first-order valence-corrected chi connectivity index (χ1v) is 7.30. The van der Waals surface area contributed by atoms with Crippen LogP contribution in [0.5, 0.6) is 28.7 Å². The molecule has 1 N–H and O–H groups in total. The minimum Gasteiger partial charge on any atom is -0.497 e. The fraction of sp³-hybridized carbons (Fsp3) is 0.294. The summed E-state index contributed by atoms with van der Waals surface area (Å²) in [5.74, 6) is 3.21. The van der Waals surface area contributed by atoms with Crippen LogP contribution in [0.3, 0.4) is 0 Å². The summed E-state index contributed by atoms with van der Waals surface area (Å²) in [6.07, 6.45) is -0.953. The van der Waals surface area contributed by atoms with Crippen LogP contribution in [0.1, 0.15) is 11.7 Å². The predicted octanol–water partition coefficient (Wildman–Crippen LogP) is 2.30. The van der Waals surface area contributed by atoms with Gasteiger partial charge in [0, 0.05) is 11.6 Å². The molecule has 2 aliphatic heterocycles. The largest absolute Gasteiger partial charge is 0.497 e. The fourth-order valence-electron chi connectivity index (χ4n) is 2.75. The maximum Gasteiger partial charge on any atom is 0.231 e. The second kappa shape index (κ2) is 5.55. The van der Waals surface area contributed by atoms with Gasteiger partial charge < -0.3 is 28.8 Å². The first kappa shape index (κ1) is 14.0. The molecule has 2 aromatic rings. The molecule has 0 aromatic heterocycles. The average Bonchev–Trinajstić information content (AvgIpc) is 3.07. The summed E-state index contributed by atoms with van der Waals surface area (Å²) < 4.78 is 27.9. The maximum absolute atomic E-state index is 9.66. The van der Waals surface area contributed by atoms with E-state index in [4.69, 9.17) is 23.7 Å². The summed E-state index contributed by atoms with van der Waals surface area (Å²) in [6.45, 7) is 0.0504. The quantitative estimate of drug-likeness (QED) is 0.937. The number of benzene rings is 2. The van der Waals surface area contributed by atoms with Gasteiger partial charge in [-0.2, -0.15) is 0 Å². The molecule has 4 rings (SSSR count). The van der Waals surface area contributed by atoms with E-state index in [1.165, 1.54) is 0 Å². The highest BCUT2D eigenvalue weighted by atomic mass is 16.7. The third-order valence-corrected chi connectivity index (χ3v) is 3.93. The molecular weight excluding hydrogens is 300 g/mol. The second-order valence-electron chi connectivity index (χ2n) is 5.30. The molecule has 2 atom stereocenters. The molecule has 0 radical (unpaired) electrons. The molecule has 2 heterocycles. The number of aliphatic hydroxyl groups is 1. The summed E-state index contributed by atoms with van der Waals surface area (Å²) >= 11 is 0. The Labute approximate surface area is 133 Å². The van der Waals surface area contributed by atoms with Crippen molar-refractivity contribution in [3.8, 4) is 28.7 Å². The van der Waals surface area contributed by atoms with Gasteiger partial charge in [0.1, 0.15) is 5.75 Å². The van der Waals surface area contributed by atoms with Crippen LogP contribution in [0.4, 0.5) is 0 Å². The maximum atomic E-state index is 9.66. The van der Waals surface area contributed by atoms with Crippen molar-refractivity contribution in [3.63, 3.8) is 0 Å².